The number of aliphatic hydroxyl groups is 1. The Hall–Kier alpha value is -0.820. The highest BCUT2D eigenvalue weighted by molar-refractivity contribution is 5.14. The van der Waals surface area contributed by atoms with Gasteiger partial charge in [-0.25, -0.2) is 0 Å². The summed E-state index contributed by atoms with van der Waals surface area (Å²) >= 11 is 0. The largest absolute Gasteiger partial charge is 0.390 e. The molecule has 0 unspecified atom stereocenters. The first-order chi connectivity index (χ1) is 9.43. The number of benzene rings is 1. The second kappa shape index (κ2) is 12.2. The van der Waals surface area contributed by atoms with Gasteiger partial charge in [0.25, 0.3) is 0 Å². The van der Waals surface area contributed by atoms with Crippen LogP contribution in [-0.2, 0) is 6.42 Å². The Kier molecular flexibility index (Phi) is 10.4. The van der Waals surface area contributed by atoms with Gasteiger partial charge in [-0.3, -0.25) is 0 Å². The number of unbranched alkanes of at least 4 members (excludes halogenated alkanes) is 9. The zero-order chi connectivity index (χ0) is 13.6. The lowest BCUT2D eigenvalue weighted by Gasteiger charge is -2.03. The van der Waals surface area contributed by atoms with Crippen LogP contribution in [0.1, 0.15) is 69.8 Å². The quantitative estimate of drug-likeness (QED) is 0.481. The van der Waals surface area contributed by atoms with Crippen molar-refractivity contribution in [3.05, 3.63) is 42.5 Å². The maximum atomic E-state index is 8.55. The van der Waals surface area contributed by atoms with E-state index in [4.69, 9.17) is 5.11 Å². The van der Waals surface area contributed by atoms with E-state index in [0.717, 1.165) is 12.8 Å². The molecule has 107 valence electrons. The average Bonchev–Trinajstić information content (AvgIpc) is 2.46. The van der Waals surface area contributed by atoms with Crippen LogP contribution < -0.4 is 0 Å². The highest BCUT2D eigenvalue weighted by atomic mass is 16.2. The lowest BCUT2D eigenvalue weighted by atomic mass is 10.0. The Bertz CT molecular complexity index is 281. The Morgan fingerprint density at radius 1 is 0.684 bits per heavy atom. The molecule has 0 aromatic heterocycles. The molecular weight excluding hydrogens is 232 g/mol. The Labute approximate surface area is 119 Å². The summed E-state index contributed by atoms with van der Waals surface area (Å²) in [6, 6.07) is 10.8. The van der Waals surface area contributed by atoms with Gasteiger partial charge in [0.15, 0.2) is 0 Å². The number of hydrogen-bond donors (Lipinski definition) is 1. The molecule has 1 rings (SSSR count). The van der Waals surface area contributed by atoms with Crippen molar-refractivity contribution in [3.63, 3.8) is 0 Å². The summed E-state index contributed by atoms with van der Waals surface area (Å²) in [6.45, 7) is 1.28. The molecule has 0 aliphatic heterocycles. The van der Waals surface area contributed by atoms with Gasteiger partial charge in [0.05, 0.1) is 6.61 Å². The van der Waals surface area contributed by atoms with E-state index < -0.39 is 0 Å². The molecule has 1 radical (unpaired) electrons. The van der Waals surface area contributed by atoms with Crippen molar-refractivity contribution in [1.29, 1.82) is 0 Å². The van der Waals surface area contributed by atoms with Crippen LogP contribution in [0.4, 0.5) is 0 Å². The molecule has 0 heterocycles. The summed E-state index contributed by atoms with van der Waals surface area (Å²) in [6.07, 6.45) is 14.1. The van der Waals surface area contributed by atoms with Gasteiger partial charge in [0.1, 0.15) is 0 Å². The third-order valence-electron chi connectivity index (χ3n) is 3.64. The van der Waals surface area contributed by atoms with E-state index in [-0.39, 0.29) is 0 Å². The van der Waals surface area contributed by atoms with Crippen molar-refractivity contribution in [1.82, 2.24) is 0 Å². The van der Waals surface area contributed by atoms with Crippen LogP contribution in [0.2, 0.25) is 0 Å². The summed E-state index contributed by atoms with van der Waals surface area (Å²) < 4.78 is 0. The Balaban J connectivity index is 1.79. The summed E-state index contributed by atoms with van der Waals surface area (Å²) in [7, 11) is 0. The second-order valence-corrected chi connectivity index (χ2v) is 5.39. The van der Waals surface area contributed by atoms with Crippen molar-refractivity contribution < 1.29 is 5.11 Å². The van der Waals surface area contributed by atoms with Crippen molar-refractivity contribution in [2.45, 2.75) is 70.6 Å². The zero-order valence-electron chi connectivity index (χ0n) is 12.2. The lowest BCUT2D eigenvalue weighted by molar-refractivity contribution is 0.367. The summed E-state index contributed by atoms with van der Waals surface area (Å²) in [5.74, 6) is 0. The van der Waals surface area contributed by atoms with Crippen molar-refractivity contribution in [2.24, 2.45) is 0 Å². The molecule has 1 aromatic carbocycles. The topological polar surface area (TPSA) is 20.2 Å². The molecular formula is C18H29O. The molecule has 0 amide bonds. The third kappa shape index (κ3) is 9.72. The Morgan fingerprint density at radius 3 is 1.79 bits per heavy atom. The number of aryl methyl sites for hydroxylation is 1. The molecule has 0 bridgehead atoms. The molecule has 1 heteroatoms. The molecule has 1 aromatic rings. The molecule has 0 saturated heterocycles. The van der Waals surface area contributed by atoms with Gasteiger partial charge in [-0.1, -0.05) is 81.7 Å². The third-order valence-corrected chi connectivity index (χ3v) is 3.64. The summed E-state index contributed by atoms with van der Waals surface area (Å²) in [4.78, 5) is 0. The van der Waals surface area contributed by atoms with Crippen LogP contribution >= 0.6 is 0 Å². The van der Waals surface area contributed by atoms with E-state index in [1.807, 2.05) is 0 Å². The molecule has 0 aliphatic rings. The van der Waals surface area contributed by atoms with E-state index >= 15 is 0 Å². The number of aliphatic hydroxyl groups excluding tert-OH is 1. The summed E-state index contributed by atoms with van der Waals surface area (Å²) in [5, 5.41) is 8.55. The molecule has 0 aliphatic carbocycles. The van der Waals surface area contributed by atoms with Crippen LogP contribution in [-0.4, -0.2) is 5.11 Å². The summed E-state index contributed by atoms with van der Waals surface area (Å²) in [5.41, 5.74) is 1.48. The monoisotopic (exact) mass is 261 g/mol. The highest BCUT2D eigenvalue weighted by Crippen LogP contribution is 2.12. The molecule has 1 nitrogen and oxygen atoms in total. The molecule has 19 heavy (non-hydrogen) atoms. The normalized spacial score (nSPS) is 10.8. The van der Waals surface area contributed by atoms with Gasteiger partial charge >= 0.3 is 0 Å². The van der Waals surface area contributed by atoms with Crippen molar-refractivity contribution >= 4 is 0 Å². The van der Waals surface area contributed by atoms with E-state index in [1.54, 1.807) is 0 Å². The zero-order valence-corrected chi connectivity index (χ0v) is 12.2. The highest BCUT2D eigenvalue weighted by Gasteiger charge is 1.94. The van der Waals surface area contributed by atoms with Crippen LogP contribution in [0.25, 0.3) is 0 Å². The molecule has 0 fully saturated rings. The lowest BCUT2D eigenvalue weighted by Crippen LogP contribution is -1.86. The predicted molar refractivity (Wildman–Crippen MR) is 82.6 cm³/mol. The SMILES string of the molecule is O[CH]CCCCCCCCCCCc1ccccc1. The van der Waals surface area contributed by atoms with Gasteiger partial charge in [0.2, 0.25) is 0 Å². The fourth-order valence-electron chi connectivity index (χ4n) is 2.45. The minimum Gasteiger partial charge on any atom is -0.390 e. The van der Waals surface area contributed by atoms with Crippen LogP contribution in [0.15, 0.2) is 30.3 Å². The van der Waals surface area contributed by atoms with Crippen molar-refractivity contribution in [3.8, 4) is 0 Å². The molecule has 0 saturated carbocycles. The number of rotatable bonds is 12. The maximum absolute atomic E-state index is 8.55. The van der Waals surface area contributed by atoms with Crippen molar-refractivity contribution in [2.75, 3.05) is 0 Å². The minimum absolute atomic E-state index is 0.861. The first-order valence-corrected chi connectivity index (χ1v) is 7.93. The van der Waals surface area contributed by atoms with Gasteiger partial charge in [-0.15, -0.1) is 0 Å². The number of hydrogen-bond acceptors (Lipinski definition) is 1. The fraction of sp³-hybridized carbons (Fsp3) is 0.611. The minimum atomic E-state index is 0.861. The van der Waals surface area contributed by atoms with E-state index in [2.05, 4.69) is 30.3 Å². The van der Waals surface area contributed by atoms with E-state index in [1.165, 1.54) is 70.0 Å². The van der Waals surface area contributed by atoms with Gasteiger partial charge < -0.3 is 5.11 Å². The van der Waals surface area contributed by atoms with Gasteiger partial charge in [-0.05, 0) is 24.8 Å². The standard InChI is InChI=1S/C18H29O/c19-17-13-8-6-4-2-1-3-5-7-10-14-18-15-11-9-12-16-18/h9,11-12,15-17,19H,1-8,10,13-14H2. The van der Waals surface area contributed by atoms with Crippen LogP contribution in [0.5, 0.6) is 0 Å². The Morgan fingerprint density at radius 2 is 1.21 bits per heavy atom. The van der Waals surface area contributed by atoms with Crippen LogP contribution in [0, 0.1) is 6.61 Å². The van der Waals surface area contributed by atoms with Gasteiger partial charge in [-0.2, -0.15) is 0 Å². The molecule has 0 atom stereocenters. The first-order valence-electron chi connectivity index (χ1n) is 7.93. The first kappa shape index (κ1) is 16.2. The van der Waals surface area contributed by atoms with E-state index in [0.29, 0.717) is 0 Å². The second-order valence-electron chi connectivity index (χ2n) is 5.39. The molecule has 0 spiro atoms. The smallest absolute Gasteiger partial charge is 0.0799 e. The maximum Gasteiger partial charge on any atom is 0.0799 e. The van der Waals surface area contributed by atoms with Gasteiger partial charge in [0, 0.05) is 0 Å². The average molecular weight is 261 g/mol. The van der Waals surface area contributed by atoms with Crippen LogP contribution in [0.3, 0.4) is 0 Å². The fourth-order valence-corrected chi connectivity index (χ4v) is 2.45. The van der Waals surface area contributed by atoms with E-state index in [9.17, 15) is 0 Å². The molecule has 1 N–H and O–H groups in total. The predicted octanol–water partition coefficient (Wildman–Crippen LogP) is 5.66.